The summed E-state index contributed by atoms with van der Waals surface area (Å²) in [6.45, 7) is 13.4. The highest BCUT2D eigenvalue weighted by Gasteiger charge is 2.17. The Morgan fingerprint density at radius 1 is 0.647 bits per heavy atom. The third-order valence-electron chi connectivity index (χ3n) is 8.99. The maximum atomic E-state index is 4.38. The average molecular weight is 664 g/mol. The molecule has 0 aliphatic rings. The molecule has 3 heteroatoms. The third kappa shape index (κ3) is 8.46. The van der Waals surface area contributed by atoms with Crippen LogP contribution in [0.2, 0.25) is 0 Å². The molecule has 252 valence electrons. The molecule has 3 nitrogen and oxygen atoms in total. The fourth-order valence-electron chi connectivity index (χ4n) is 6.25. The van der Waals surface area contributed by atoms with Gasteiger partial charge in [0.05, 0.1) is 0 Å². The molecule has 0 heterocycles. The van der Waals surface area contributed by atoms with Crippen molar-refractivity contribution < 1.29 is 0 Å². The lowest BCUT2D eigenvalue weighted by atomic mass is 9.93. The van der Waals surface area contributed by atoms with Crippen molar-refractivity contribution in [3.63, 3.8) is 0 Å². The normalized spacial score (nSPS) is 12.2. The molecular weight excluding hydrogens is 619 g/mol. The number of anilines is 6. The molecule has 6 rings (SSSR count). The van der Waals surface area contributed by atoms with E-state index in [1.54, 1.807) is 0 Å². The second-order valence-electron chi connectivity index (χ2n) is 12.4. The Labute approximate surface area is 303 Å². The van der Waals surface area contributed by atoms with E-state index in [-0.39, 0.29) is 5.92 Å². The predicted molar refractivity (Wildman–Crippen MR) is 222 cm³/mol. The monoisotopic (exact) mass is 663 g/mol. The molecule has 0 radical (unpaired) electrons. The van der Waals surface area contributed by atoms with Crippen molar-refractivity contribution in [2.75, 3.05) is 21.7 Å². The van der Waals surface area contributed by atoms with Crippen molar-refractivity contribution in [1.82, 2.24) is 0 Å². The highest BCUT2D eigenvalue weighted by Crippen LogP contribution is 2.39. The van der Waals surface area contributed by atoms with Crippen LogP contribution in [-0.2, 0) is 0 Å². The summed E-state index contributed by atoms with van der Waals surface area (Å²) in [5, 5.41) is 5.86. The van der Waals surface area contributed by atoms with Gasteiger partial charge in [0.15, 0.2) is 0 Å². The summed E-state index contributed by atoms with van der Waals surface area (Å²) in [7, 11) is 0. The third-order valence-corrected chi connectivity index (χ3v) is 8.99. The van der Waals surface area contributed by atoms with Gasteiger partial charge in [-0.25, -0.2) is 0 Å². The smallest absolute Gasteiger partial charge is 0.0468 e. The van der Waals surface area contributed by atoms with E-state index in [4.69, 9.17) is 0 Å². The number of hydrogen-bond acceptors (Lipinski definition) is 3. The number of hydrogen-bond donors (Lipinski definition) is 1. The van der Waals surface area contributed by atoms with E-state index in [1.165, 1.54) is 16.3 Å². The van der Waals surface area contributed by atoms with Gasteiger partial charge in [-0.05, 0) is 114 Å². The minimum atomic E-state index is 0.178. The van der Waals surface area contributed by atoms with Crippen LogP contribution in [0.1, 0.15) is 25.3 Å². The molecule has 0 fully saturated rings. The largest absolute Gasteiger partial charge is 0.382 e. The quantitative estimate of drug-likeness (QED) is 0.117. The molecule has 6 aromatic carbocycles. The standard InChI is InChI=1S/C48H45N3/c1-5-16-43(17-6-2)50(45-28-25-39(26-29-45)38(4)37(3)18-15-35-49-42-21-9-7-10-22-42)46-31-33-47(34-32-46)51(44-23-11-8-12-24-44)48-30-27-40-19-13-14-20-41(40)36-48/h5-34,36,38,49H,1,3,35H2,2,4H3/b17-6-,18-15-,43-16+. The van der Waals surface area contributed by atoms with Gasteiger partial charge < -0.3 is 15.1 Å². The lowest BCUT2D eigenvalue weighted by Gasteiger charge is -2.29. The minimum absolute atomic E-state index is 0.178. The number of nitrogens with one attached hydrogen (secondary N) is 1. The first-order valence-electron chi connectivity index (χ1n) is 17.5. The fourth-order valence-corrected chi connectivity index (χ4v) is 6.25. The van der Waals surface area contributed by atoms with Crippen LogP contribution in [0.25, 0.3) is 10.8 Å². The highest BCUT2D eigenvalue weighted by atomic mass is 15.2. The van der Waals surface area contributed by atoms with Gasteiger partial charge in [0.1, 0.15) is 0 Å². The van der Waals surface area contributed by atoms with Crippen LogP contribution >= 0.6 is 0 Å². The van der Waals surface area contributed by atoms with Crippen LogP contribution in [0, 0.1) is 0 Å². The molecule has 1 N–H and O–H groups in total. The molecule has 1 unspecified atom stereocenters. The molecule has 1 atom stereocenters. The van der Waals surface area contributed by atoms with E-state index < -0.39 is 0 Å². The molecule has 0 aromatic heterocycles. The minimum Gasteiger partial charge on any atom is -0.382 e. The van der Waals surface area contributed by atoms with Crippen molar-refractivity contribution in [2.45, 2.75) is 19.8 Å². The topological polar surface area (TPSA) is 18.5 Å². The summed E-state index contributed by atoms with van der Waals surface area (Å²) < 4.78 is 0. The second-order valence-corrected chi connectivity index (χ2v) is 12.4. The number of rotatable bonds is 14. The van der Waals surface area contributed by atoms with Crippen molar-refractivity contribution in [3.05, 3.63) is 218 Å². The summed E-state index contributed by atoms with van der Waals surface area (Å²) in [5.74, 6) is 0.178. The molecule has 0 bridgehead atoms. The van der Waals surface area contributed by atoms with Crippen molar-refractivity contribution >= 4 is 44.9 Å². The molecular formula is C48H45N3. The van der Waals surface area contributed by atoms with E-state index >= 15 is 0 Å². The van der Waals surface area contributed by atoms with Gasteiger partial charge in [0.2, 0.25) is 0 Å². The van der Waals surface area contributed by atoms with Crippen LogP contribution in [0.15, 0.2) is 213 Å². The molecule has 0 spiro atoms. The Morgan fingerprint density at radius 3 is 1.88 bits per heavy atom. The first kappa shape index (κ1) is 34.5. The summed E-state index contributed by atoms with van der Waals surface area (Å²) in [5.41, 5.74) is 9.82. The van der Waals surface area contributed by atoms with E-state index in [2.05, 4.69) is 193 Å². The zero-order chi connectivity index (χ0) is 35.4. The first-order chi connectivity index (χ1) is 25.1. The zero-order valence-corrected chi connectivity index (χ0v) is 29.5. The van der Waals surface area contributed by atoms with Crippen LogP contribution in [0.5, 0.6) is 0 Å². The molecule has 51 heavy (non-hydrogen) atoms. The molecule has 0 saturated carbocycles. The van der Waals surface area contributed by atoms with Crippen LogP contribution in [0.4, 0.5) is 34.1 Å². The number of nitrogens with zero attached hydrogens (tertiary/aromatic N) is 2. The van der Waals surface area contributed by atoms with Gasteiger partial charge in [-0.3, -0.25) is 0 Å². The van der Waals surface area contributed by atoms with E-state index in [1.807, 2.05) is 37.3 Å². The average Bonchev–Trinajstić information content (AvgIpc) is 3.18. The summed E-state index contributed by atoms with van der Waals surface area (Å²) in [6, 6.07) is 53.5. The van der Waals surface area contributed by atoms with Gasteiger partial charge in [0, 0.05) is 52.3 Å². The fraction of sp³-hybridized carbons (Fsp3) is 0.0833. The summed E-state index contributed by atoms with van der Waals surface area (Å²) in [4.78, 5) is 4.58. The molecule has 0 aliphatic carbocycles. The Hall–Kier alpha value is -6.32. The first-order valence-corrected chi connectivity index (χ1v) is 17.5. The second kappa shape index (κ2) is 16.9. The molecule has 6 aromatic rings. The number of benzene rings is 6. The van der Waals surface area contributed by atoms with Gasteiger partial charge in [-0.2, -0.15) is 0 Å². The maximum absolute atomic E-state index is 4.38. The van der Waals surface area contributed by atoms with E-state index in [0.29, 0.717) is 0 Å². The van der Waals surface area contributed by atoms with Gasteiger partial charge >= 0.3 is 0 Å². The van der Waals surface area contributed by atoms with Crippen LogP contribution < -0.4 is 15.1 Å². The van der Waals surface area contributed by atoms with E-state index in [0.717, 1.165) is 51.9 Å². The number of allylic oxidation sites excluding steroid dienone is 6. The zero-order valence-electron chi connectivity index (χ0n) is 29.5. The lowest BCUT2D eigenvalue weighted by molar-refractivity contribution is 0.924. The Kier molecular flexibility index (Phi) is 11.4. The maximum Gasteiger partial charge on any atom is 0.0468 e. The van der Waals surface area contributed by atoms with Crippen molar-refractivity contribution in [2.24, 2.45) is 0 Å². The van der Waals surface area contributed by atoms with Crippen molar-refractivity contribution in [1.29, 1.82) is 0 Å². The SMILES string of the molecule is C=C/C=C(\C=C/C)N(c1ccc(C(C)C(=C)/C=C\CNc2ccccc2)cc1)c1ccc(N(c2ccccc2)c2ccc3ccccc3c2)cc1. The molecule has 0 aliphatic heterocycles. The highest BCUT2D eigenvalue weighted by molar-refractivity contribution is 5.89. The van der Waals surface area contributed by atoms with E-state index in [9.17, 15) is 0 Å². The Morgan fingerprint density at radius 2 is 1.22 bits per heavy atom. The Balaban J connectivity index is 1.27. The van der Waals surface area contributed by atoms with Crippen LogP contribution in [0.3, 0.4) is 0 Å². The predicted octanol–water partition coefficient (Wildman–Crippen LogP) is 13.4. The lowest BCUT2D eigenvalue weighted by Crippen LogP contribution is -2.16. The van der Waals surface area contributed by atoms with Crippen molar-refractivity contribution in [3.8, 4) is 0 Å². The summed E-state index contributed by atoms with van der Waals surface area (Å²) in [6.07, 6.45) is 12.3. The van der Waals surface area contributed by atoms with Crippen LogP contribution in [-0.4, -0.2) is 6.54 Å². The number of fused-ring (bicyclic) bond motifs is 1. The van der Waals surface area contributed by atoms with Gasteiger partial charge in [-0.1, -0.05) is 123 Å². The molecule has 0 saturated heterocycles. The Bertz CT molecular complexity index is 2140. The van der Waals surface area contributed by atoms with Gasteiger partial charge in [0.25, 0.3) is 0 Å². The number of para-hydroxylation sites is 2. The summed E-state index contributed by atoms with van der Waals surface area (Å²) >= 11 is 0. The van der Waals surface area contributed by atoms with Gasteiger partial charge in [-0.15, -0.1) is 0 Å². The molecule has 0 amide bonds.